The SMILES string of the molecule is C1CCCCC1.CCCC(=O)[O-].CCCC(=O)[O-].[Pb+2]. The summed E-state index contributed by atoms with van der Waals surface area (Å²) in [5.74, 6) is -1.92. The van der Waals surface area contributed by atoms with E-state index in [1.54, 1.807) is 13.8 Å². The summed E-state index contributed by atoms with van der Waals surface area (Å²) >= 11 is 0. The Morgan fingerprint density at radius 3 is 1.00 bits per heavy atom. The van der Waals surface area contributed by atoms with E-state index < -0.39 is 11.9 Å². The summed E-state index contributed by atoms with van der Waals surface area (Å²) in [6.45, 7) is 3.60. The van der Waals surface area contributed by atoms with Gasteiger partial charge in [-0.2, -0.15) is 0 Å². The van der Waals surface area contributed by atoms with Gasteiger partial charge in [0.15, 0.2) is 0 Å². The monoisotopic (exact) mass is 466 g/mol. The molecule has 0 unspecified atom stereocenters. The van der Waals surface area contributed by atoms with Gasteiger partial charge in [0.25, 0.3) is 0 Å². The van der Waals surface area contributed by atoms with Crippen molar-refractivity contribution in [3.05, 3.63) is 0 Å². The summed E-state index contributed by atoms with van der Waals surface area (Å²) in [5.41, 5.74) is 0. The fourth-order valence-electron chi connectivity index (χ4n) is 1.47. The number of hydrogen-bond donors (Lipinski definition) is 0. The van der Waals surface area contributed by atoms with Crippen molar-refractivity contribution in [1.82, 2.24) is 0 Å². The standard InChI is InChI=1S/C6H12.2C4H8O2.Pb/c1-2-4-6-5-3-1;2*1-2-3-4(5)6;/h1-6H2;2*2-3H2,1H3,(H,5,6);/q;;;+2/p-2. The number of aliphatic carboxylic acids is 2. The second-order valence-corrected chi connectivity index (χ2v) is 4.37. The zero-order valence-corrected chi connectivity index (χ0v) is 16.1. The summed E-state index contributed by atoms with van der Waals surface area (Å²) in [6.07, 6.45) is 10.7. The maximum absolute atomic E-state index is 9.49. The van der Waals surface area contributed by atoms with Gasteiger partial charge in [-0.3, -0.25) is 0 Å². The summed E-state index contributed by atoms with van der Waals surface area (Å²) < 4.78 is 0. The van der Waals surface area contributed by atoms with Gasteiger partial charge < -0.3 is 19.8 Å². The van der Waals surface area contributed by atoms with E-state index >= 15 is 0 Å². The topological polar surface area (TPSA) is 80.3 Å². The van der Waals surface area contributed by atoms with Gasteiger partial charge in [-0.15, -0.1) is 0 Å². The number of carboxylic acid groups (broad SMARTS) is 2. The van der Waals surface area contributed by atoms with Crippen LogP contribution >= 0.6 is 0 Å². The van der Waals surface area contributed by atoms with Crippen molar-refractivity contribution in [2.24, 2.45) is 0 Å². The fourth-order valence-corrected chi connectivity index (χ4v) is 1.47. The molecule has 0 saturated heterocycles. The van der Waals surface area contributed by atoms with Gasteiger partial charge in [-0.25, -0.2) is 0 Å². The number of hydrogen-bond acceptors (Lipinski definition) is 4. The predicted molar refractivity (Wildman–Crippen MR) is 73.3 cm³/mol. The first-order valence-electron chi connectivity index (χ1n) is 6.94. The largest absolute Gasteiger partial charge is 2.00 e. The molecule has 0 bridgehead atoms. The van der Waals surface area contributed by atoms with Crippen molar-refractivity contribution in [3.63, 3.8) is 0 Å². The van der Waals surface area contributed by atoms with E-state index in [4.69, 9.17) is 0 Å². The van der Waals surface area contributed by atoms with E-state index in [0.29, 0.717) is 12.8 Å². The molecule has 2 radical (unpaired) electrons. The third kappa shape index (κ3) is 31.9. The normalized spacial score (nSPS) is 12.7. The van der Waals surface area contributed by atoms with E-state index in [9.17, 15) is 19.8 Å². The van der Waals surface area contributed by atoms with Crippen molar-refractivity contribution in [3.8, 4) is 0 Å². The fraction of sp³-hybridized carbons (Fsp3) is 0.857. The Kier molecular flexibility index (Phi) is 25.4. The van der Waals surface area contributed by atoms with Crippen LogP contribution in [-0.4, -0.2) is 39.2 Å². The van der Waals surface area contributed by atoms with Crippen LogP contribution in [0.4, 0.5) is 0 Å². The zero-order chi connectivity index (χ0) is 14.2. The molecule has 0 amide bonds. The van der Waals surface area contributed by atoms with Crippen molar-refractivity contribution >= 4 is 39.2 Å². The molecule has 0 aromatic carbocycles. The Morgan fingerprint density at radius 1 is 0.737 bits per heavy atom. The molecule has 0 heterocycles. The van der Waals surface area contributed by atoms with Crippen LogP contribution in [0.15, 0.2) is 0 Å². The third-order valence-electron chi connectivity index (χ3n) is 2.41. The molecule has 4 nitrogen and oxygen atoms in total. The zero-order valence-electron chi connectivity index (χ0n) is 12.2. The van der Waals surface area contributed by atoms with E-state index in [0.717, 1.165) is 0 Å². The minimum atomic E-state index is -0.961. The average Bonchev–Trinajstić information content (AvgIpc) is 2.32. The van der Waals surface area contributed by atoms with Crippen LogP contribution in [0.3, 0.4) is 0 Å². The second-order valence-electron chi connectivity index (χ2n) is 4.37. The Balaban J connectivity index is -0.000000197. The molecule has 1 saturated carbocycles. The van der Waals surface area contributed by atoms with Crippen LogP contribution in [0, 0.1) is 0 Å². The van der Waals surface area contributed by atoms with Crippen molar-refractivity contribution in [1.29, 1.82) is 0 Å². The molecule has 0 aromatic heterocycles. The van der Waals surface area contributed by atoms with Gasteiger partial charge in [0.1, 0.15) is 0 Å². The Hall–Kier alpha value is -0.138. The molecular weight excluding hydrogens is 439 g/mol. The van der Waals surface area contributed by atoms with Crippen LogP contribution in [0.25, 0.3) is 0 Å². The van der Waals surface area contributed by atoms with Crippen molar-refractivity contribution in [2.75, 3.05) is 0 Å². The summed E-state index contributed by atoms with van der Waals surface area (Å²) in [4.78, 5) is 19.0. The Morgan fingerprint density at radius 2 is 0.947 bits per heavy atom. The summed E-state index contributed by atoms with van der Waals surface area (Å²) in [5, 5.41) is 19.0. The number of carbonyl (C=O) groups excluding carboxylic acids is 2. The molecule has 0 atom stereocenters. The summed E-state index contributed by atoms with van der Waals surface area (Å²) in [6, 6.07) is 0. The maximum atomic E-state index is 9.49. The maximum Gasteiger partial charge on any atom is 2.00 e. The Labute approximate surface area is 137 Å². The van der Waals surface area contributed by atoms with Gasteiger partial charge in [-0.1, -0.05) is 65.2 Å². The molecule has 1 aliphatic carbocycles. The van der Waals surface area contributed by atoms with Crippen LogP contribution in [-0.2, 0) is 9.59 Å². The van der Waals surface area contributed by atoms with Gasteiger partial charge in [-0.05, 0) is 12.8 Å². The summed E-state index contributed by atoms with van der Waals surface area (Å²) in [7, 11) is 0. The van der Waals surface area contributed by atoms with E-state index in [2.05, 4.69) is 0 Å². The van der Waals surface area contributed by atoms with E-state index in [1.807, 2.05) is 0 Å². The van der Waals surface area contributed by atoms with Crippen molar-refractivity contribution < 1.29 is 19.8 Å². The number of rotatable bonds is 4. The molecule has 1 rings (SSSR count). The molecule has 0 N–H and O–H groups in total. The van der Waals surface area contributed by atoms with Gasteiger partial charge in [0, 0.05) is 11.9 Å². The molecule has 0 spiro atoms. The van der Waals surface area contributed by atoms with Gasteiger partial charge in [0.05, 0.1) is 0 Å². The first-order valence-corrected chi connectivity index (χ1v) is 6.94. The first kappa shape index (κ1) is 23.9. The van der Waals surface area contributed by atoms with E-state index in [-0.39, 0.29) is 40.1 Å². The third-order valence-corrected chi connectivity index (χ3v) is 2.41. The second kappa shape index (κ2) is 20.2. The smallest absolute Gasteiger partial charge is 0.550 e. The van der Waals surface area contributed by atoms with Crippen LogP contribution in [0.1, 0.15) is 78.1 Å². The molecule has 0 aliphatic heterocycles. The molecule has 0 aromatic rings. The molecule has 1 fully saturated rings. The van der Waals surface area contributed by atoms with E-state index in [1.165, 1.54) is 38.5 Å². The molecular formula is C14H26O4Pb. The minimum absolute atomic E-state index is 0. The van der Waals surface area contributed by atoms with Crippen molar-refractivity contribution in [2.45, 2.75) is 78.1 Å². The quantitative estimate of drug-likeness (QED) is 0.581. The minimum Gasteiger partial charge on any atom is -0.550 e. The number of carbonyl (C=O) groups is 2. The first-order chi connectivity index (χ1) is 8.54. The number of carboxylic acids is 2. The molecule has 5 heteroatoms. The Bertz CT molecular complexity index is 176. The van der Waals surface area contributed by atoms with Crippen LogP contribution in [0.5, 0.6) is 0 Å². The molecule has 19 heavy (non-hydrogen) atoms. The van der Waals surface area contributed by atoms with Crippen LogP contribution in [0.2, 0.25) is 0 Å². The van der Waals surface area contributed by atoms with Gasteiger partial charge in [0.2, 0.25) is 0 Å². The average molecular weight is 466 g/mol. The predicted octanol–water partition coefficient (Wildman–Crippen LogP) is 1.03. The van der Waals surface area contributed by atoms with Gasteiger partial charge >= 0.3 is 27.3 Å². The molecule has 110 valence electrons. The molecule has 1 aliphatic rings. The van der Waals surface area contributed by atoms with Crippen LogP contribution < -0.4 is 10.2 Å².